The predicted molar refractivity (Wildman–Crippen MR) is 111 cm³/mol. The quantitative estimate of drug-likeness (QED) is 0.643. The Morgan fingerprint density at radius 2 is 1.61 bits per heavy atom. The fourth-order valence-electron chi connectivity index (χ4n) is 3.16. The molecule has 1 fully saturated rings. The molecule has 2 aromatic carbocycles. The smallest absolute Gasteiger partial charge is 0.318 e. The van der Waals surface area contributed by atoms with Gasteiger partial charge in [0.2, 0.25) is 5.88 Å². The molecule has 1 aromatic heterocycles. The molecular formula is C22H20BrN3O2. The summed E-state index contributed by atoms with van der Waals surface area (Å²) < 4.78 is 6.67. The number of halogens is 1. The topological polar surface area (TPSA) is 54.5 Å². The molecule has 5 nitrogen and oxygen atoms in total. The van der Waals surface area contributed by atoms with Crippen LogP contribution in [0.3, 0.4) is 0 Å². The molecule has 6 heteroatoms. The third-order valence-electron chi connectivity index (χ3n) is 4.67. The molecule has 1 saturated heterocycles. The van der Waals surface area contributed by atoms with E-state index in [1.807, 2.05) is 72.8 Å². The van der Waals surface area contributed by atoms with E-state index in [9.17, 15) is 4.79 Å². The average molecular weight is 438 g/mol. The number of pyridine rings is 1. The van der Waals surface area contributed by atoms with Crippen molar-refractivity contribution in [1.82, 2.24) is 15.2 Å². The number of likely N-dealkylation sites (tertiary alicyclic amines) is 1. The summed E-state index contributed by atoms with van der Waals surface area (Å²) in [6, 6.07) is 23.4. The van der Waals surface area contributed by atoms with Crippen molar-refractivity contribution in [3.05, 3.63) is 94.6 Å². The summed E-state index contributed by atoms with van der Waals surface area (Å²) in [6.45, 7) is 1.07. The Kier molecular flexibility index (Phi) is 5.58. The monoisotopic (exact) mass is 437 g/mol. The summed E-state index contributed by atoms with van der Waals surface area (Å²) in [5.74, 6) is 0.555. The SMILES string of the molecule is O=C(NC(c1ccccc1)c1ccccc1)N1CC(Oc2ncccc2Br)C1. The number of benzene rings is 2. The molecule has 0 bridgehead atoms. The number of nitrogens with zero attached hydrogens (tertiary/aromatic N) is 2. The van der Waals surface area contributed by atoms with E-state index in [2.05, 4.69) is 26.2 Å². The number of carbonyl (C=O) groups is 1. The van der Waals surface area contributed by atoms with Crippen LogP contribution >= 0.6 is 15.9 Å². The Labute approximate surface area is 172 Å². The number of nitrogens with one attached hydrogen (secondary N) is 1. The largest absolute Gasteiger partial charge is 0.470 e. The van der Waals surface area contributed by atoms with Gasteiger partial charge in [0.05, 0.1) is 23.6 Å². The maximum Gasteiger partial charge on any atom is 0.318 e. The van der Waals surface area contributed by atoms with Gasteiger partial charge in [-0.15, -0.1) is 0 Å². The fraction of sp³-hybridized carbons (Fsp3) is 0.182. The molecule has 2 heterocycles. The lowest BCUT2D eigenvalue weighted by Gasteiger charge is -2.39. The molecule has 3 aromatic rings. The van der Waals surface area contributed by atoms with Crippen molar-refractivity contribution in [2.45, 2.75) is 12.1 Å². The van der Waals surface area contributed by atoms with E-state index in [-0.39, 0.29) is 18.2 Å². The van der Waals surface area contributed by atoms with Gasteiger partial charge in [-0.2, -0.15) is 0 Å². The van der Waals surface area contributed by atoms with Crippen molar-refractivity contribution < 1.29 is 9.53 Å². The number of aromatic nitrogens is 1. The minimum absolute atomic E-state index is 0.0520. The Balaban J connectivity index is 1.40. The number of urea groups is 1. The summed E-state index contributed by atoms with van der Waals surface area (Å²) in [7, 11) is 0. The highest BCUT2D eigenvalue weighted by Gasteiger charge is 2.34. The second-order valence-corrected chi connectivity index (χ2v) is 7.49. The summed E-state index contributed by atoms with van der Waals surface area (Å²) in [5.41, 5.74) is 2.10. The van der Waals surface area contributed by atoms with Gasteiger partial charge in [-0.1, -0.05) is 60.7 Å². The first kappa shape index (κ1) is 18.5. The van der Waals surface area contributed by atoms with Crippen LogP contribution in [-0.2, 0) is 0 Å². The molecule has 1 aliphatic heterocycles. The lowest BCUT2D eigenvalue weighted by atomic mass is 9.99. The summed E-state index contributed by atoms with van der Waals surface area (Å²) >= 11 is 3.43. The molecule has 142 valence electrons. The lowest BCUT2D eigenvalue weighted by molar-refractivity contribution is 0.0402. The van der Waals surface area contributed by atoms with Crippen LogP contribution in [0.5, 0.6) is 5.88 Å². The lowest BCUT2D eigenvalue weighted by Crippen LogP contribution is -2.59. The van der Waals surface area contributed by atoms with Gasteiger partial charge in [0.15, 0.2) is 0 Å². The van der Waals surface area contributed by atoms with Crippen molar-refractivity contribution in [3.8, 4) is 5.88 Å². The second-order valence-electron chi connectivity index (χ2n) is 6.64. The summed E-state index contributed by atoms with van der Waals surface area (Å²) in [4.78, 5) is 18.7. The van der Waals surface area contributed by atoms with Crippen molar-refractivity contribution in [2.24, 2.45) is 0 Å². The van der Waals surface area contributed by atoms with Crippen molar-refractivity contribution in [1.29, 1.82) is 0 Å². The van der Waals surface area contributed by atoms with Crippen LogP contribution in [0.2, 0.25) is 0 Å². The van der Waals surface area contributed by atoms with E-state index in [0.29, 0.717) is 19.0 Å². The van der Waals surface area contributed by atoms with Crippen LogP contribution in [0.4, 0.5) is 4.79 Å². The van der Waals surface area contributed by atoms with Crippen molar-refractivity contribution in [2.75, 3.05) is 13.1 Å². The maximum atomic E-state index is 12.8. The van der Waals surface area contributed by atoms with E-state index < -0.39 is 0 Å². The molecule has 1 N–H and O–H groups in total. The minimum atomic E-state index is -0.195. The van der Waals surface area contributed by atoms with Crippen molar-refractivity contribution in [3.63, 3.8) is 0 Å². The molecular weight excluding hydrogens is 418 g/mol. The molecule has 0 atom stereocenters. The summed E-state index contributed by atoms with van der Waals surface area (Å²) in [6.07, 6.45) is 1.64. The van der Waals surface area contributed by atoms with Crippen LogP contribution in [0.15, 0.2) is 83.5 Å². The van der Waals surface area contributed by atoms with Crippen LogP contribution in [0, 0.1) is 0 Å². The number of carbonyl (C=O) groups excluding carboxylic acids is 1. The van der Waals surface area contributed by atoms with Gasteiger partial charge in [0, 0.05) is 6.20 Å². The first-order chi connectivity index (χ1) is 13.7. The van der Waals surface area contributed by atoms with E-state index in [0.717, 1.165) is 15.6 Å². The van der Waals surface area contributed by atoms with Gasteiger partial charge in [-0.3, -0.25) is 0 Å². The van der Waals surface area contributed by atoms with Crippen LogP contribution in [-0.4, -0.2) is 35.1 Å². The van der Waals surface area contributed by atoms with E-state index in [1.165, 1.54) is 0 Å². The highest BCUT2D eigenvalue weighted by Crippen LogP contribution is 2.26. The van der Waals surface area contributed by atoms with Gasteiger partial charge < -0.3 is 15.0 Å². The Morgan fingerprint density at radius 3 is 2.18 bits per heavy atom. The van der Waals surface area contributed by atoms with E-state index in [4.69, 9.17) is 4.74 Å². The molecule has 0 radical (unpaired) electrons. The standard InChI is InChI=1S/C22H20BrN3O2/c23-19-12-7-13-24-21(19)28-18-14-26(15-18)22(27)25-20(16-8-3-1-4-9-16)17-10-5-2-6-11-17/h1-13,18,20H,14-15H2,(H,25,27). The Hall–Kier alpha value is -2.86. The molecule has 28 heavy (non-hydrogen) atoms. The number of rotatable bonds is 5. The van der Waals surface area contributed by atoms with Crippen LogP contribution < -0.4 is 10.1 Å². The average Bonchev–Trinajstić information content (AvgIpc) is 2.71. The second kappa shape index (κ2) is 8.44. The number of ether oxygens (including phenoxy) is 1. The van der Waals surface area contributed by atoms with Gasteiger partial charge >= 0.3 is 6.03 Å². The highest BCUT2D eigenvalue weighted by molar-refractivity contribution is 9.10. The fourth-order valence-corrected chi connectivity index (χ4v) is 3.51. The summed E-state index contributed by atoms with van der Waals surface area (Å²) in [5, 5.41) is 3.15. The predicted octanol–water partition coefficient (Wildman–Crippen LogP) is 4.41. The third-order valence-corrected chi connectivity index (χ3v) is 5.28. The van der Waals surface area contributed by atoms with Gasteiger partial charge in [-0.25, -0.2) is 9.78 Å². The first-order valence-corrected chi connectivity index (χ1v) is 9.92. The highest BCUT2D eigenvalue weighted by atomic mass is 79.9. The van der Waals surface area contributed by atoms with Gasteiger partial charge in [-0.05, 0) is 39.2 Å². The molecule has 0 spiro atoms. The molecule has 4 rings (SSSR count). The Bertz CT molecular complexity index is 891. The zero-order valence-electron chi connectivity index (χ0n) is 15.2. The number of amides is 2. The minimum Gasteiger partial charge on any atom is -0.470 e. The molecule has 1 aliphatic rings. The van der Waals surface area contributed by atoms with Crippen molar-refractivity contribution >= 4 is 22.0 Å². The van der Waals surface area contributed by atoms with Crippen LogP contribution in [0.25, 0.3) is 0 Å². The van der Waals surface area contributed by atoms with E-state index >= 15 is 0 Å². The molecule has 0 unspecified atom stereocenters. The molecule has 0 aliphatic carbocycles. The van der Waals surface area contributed by atoms with Gasteiger partial charge in [0.25, 0.3) is 0 Å². The zero-order valence-corrected chi connectivity index (χ0v) is 16.7. The van der Waals surface area contributed by atoms with E-state index in [1.54, 1.807) is 11.1 Å². The zero-order chi connectivity index (χ0) is 19.3. The van der Waals surface area contributed by atoms with Crippen LogP contribution in [0.1, 0.15) is 17.2 Å². The maximum absolute atomic E-state index is 12.8. The normalized spacial score (nSPS) is 13.9. The molecule has 2 amide bonds. The molecule has 0 saturated carbocycles. The first-order valence-electron chi connectivity index (χ1n) is 9.13. The number of hydrogen-bond acceptors (Lipinski definition) is 3. The third kappa shape index (κ3) is 4.17. The van der Waals surface area contributed by atoms with Gasteiger partial charge in [0.1, 0.15) is 6.10 Å². The Morgan fingerprint density at radius 1 is 1.00 bits per heavy atom. The number of hydrogen-bond donors (Lipinski definition) is 1.